The zero-order chi connectivity index (χ0) is 10.5. The van der Waals surface area contributed by atoms with Crippen molar-refractivity contribution < 1.29 is 4.74 Å². The maximum atomic E-state index is 5.36. The van der Waals surface area contributed by atoms with Crippen LogP contribution < -0.4 is 0 Å². The summed E-state index contributed by atoms with van der Waals surface area (Å²) >= 11 is 0. The molecule has 3 heteroatoms. The monoisotopic (exact) mass is 202 g/mol. The Kier molecular flexibility index (Phi) is 3.15. The molecule has 0 atom stereocenters. The third-order valence-electron chi connectivity index (χ3n) is 2.18. The molecule has 2 aromatic rings. The van der Waals surface area contributed by atoms with Crippen LogP contribution in [0.1, 0.15) is 6.92 Å². The van der Waals surface area contributed by atoms with Crippen LogP contribution in [0.3, 0.4) is 0 Å². The molecule has 2 rings (SSSR count). The van der Waals surface area contributed by atoms with E-state index in [9.17, 15) is 0 Å². The van der Waals surface area contributed by atoms with Gasteiger partial charge in [-0.25, -0.2) is 4.98 Å². The lowest BCUT2D eigenvalue weighted by molar-refractivity contribution is 0.0889. The van der Waals surface area contributed by atoms with E-state index in [-0.39, 0.29) is 0 Å². The molecule has 1 aromatic carbocycles. The number of rotatable bonds is 4. The van der Waals surface area contributed by atoms with Gasteiger partial charge in [0.05, 0.1) is 0 Å². The Morgan fingerprint density at radius 3 is 2.80 bits per heavy atom. The van der Waals surface area contributed by atoms with E-state index in [0.29, 0.717) is 13.3 Å². The first-order chi connectivity index (χ1) is 7.42. The lowest BCUT2D eigenvalue weighted by Crippen LogP contribution is -2.02. The van der Waals surface area contributed by atoms with E-state index in [0.717, 1.165) is 11.4 Å². The van der Waals surface area contributed by atoms with E-state index >= 15 is 0 Å². The van der Waals surface area contributed by atoms with E-state index in [1.165, 1.54) is 0 Å². The minimum absolute atomic E-state index is 0.556. The summed E-state index contributed by atoms with van der Waals surface area (Å²) in [6.07, 6.45) is 3.72. The summed E-state index contributed by atoms with van der Waals surface area (Å²) in [5.41, 5.74) is 1.11. The van der Waals surface area contributed by atoms with E-state index in [1.807, 2.05) is 48.0 Å². The van der Waals surface area contributed by atoms with Crippen molar-refractivity contribution in [3.05, 3.63) is 42.7 Å². The highest BCUT2D eigenvalue weighted by atomic mass is 16.5. The maximum Gasteiger partial charge on any atom is 0.141 e. The quantitative estimate of drug-likeness (QED) is 0.761. The zero-order valence-corrected chi connectivity index (χ0v) is 8.76. The van der Waals surface area contributed by atoms with Crippen LogP contribution in [0.2, 0.25) is 0 Å². The van der Waals surface area contributed by atoms with Crippen LogP contribution in [0.15, 0.2) is 42.7 Å². The highest BCUT2D eigenvalue weighted by Gasteiger charge is 2.03. The molecule has 0 saturated carbocycles. The molecule has 0 aliphatic carbocycles. The molecule has 0 aliphatic heterocycles. The SMILES string of the molecule is CCOCn1ccnc1-c1ccccc1. The van der Waals surface area contributed by atoms with Crippen molar-refractivity contribution in [1.29, 1.82) is 0 Å². The number of ether oxygens (including phenoxy) is 1. The first-order valence-electron chi connectivity index (χ1n) is 5.06. The molecule has 0 unspecified atom stereocenters. The molecule has 3 nitrogen and oxygen atoms in total. The Labute approximate surface area is 89.3 Å². The van der Waals surface area contributed by atoms with E-state index in [4.69, 9.17) is 4.74 Å². The summed E-state index contributed by atoms with van der Waals surface area (Å²) in [6.45, 7) is 3.26. The first kappa shape index (κ1) is 9.93. The molecule has 0 bridgehead atoms. The minimum Gasteiger partial charge on any atom is -0.361 e. The van der Waals surface area contributed by atoms with Gasteiger partial charge < -0.3 is 9.30 Å². The number of benzene rings is 1. The van der Waals surface area contributed by atoms with Gasteiger partial charge >= 0.3 is 0 Å². The topological polar surface area (TPSA) is 27.1 Å². The molecule has 0 radical (unpaired) electrons. The van der Waals surface area contributed by atoms with E-state index < -0.39 is 0 Å². The van der Waals surface area contributed by atoms with Crippen molar-refractivity contribution in [3.8, 4) is 11.4 Å². The molecular weight excluding hydrogens is 188 g/mol. The fraction of sp³-hybridized carbons (Fsp3) is 0.250. The van der Waals surface area contributed by atoms with Gasteiger partial charge in [0.25, 0.3) is 0 Å². The fourth-order valence-corrected chi connectivity index (χ4v) is 1.45. The molecular formula is C12H14N2O. The average molecular weight is 202 g/mol. The van der Waals surface area contributed by atoms with Crippen molar-refractivity contribution in [2.45, 2.75) is 13.7 Å². The van der Waals surface area contributed by atoms with Crippen LogP contribution in [-0.2, 0) is 11.5 Å². The fourth-order valence-electron chi connectivity index (χ4n) is 1.45. The molecule has 0 aliphatic rings. The van der Waals surface area contributed by atoms with Crippen molar-refractivity contribution >= 4 is 0 Å². The molecule has 0 amide bonds. The summed E-state index contributed by atoms with van der Waals surface area (Å²) in [4.78, 5) is 4.32. The van der Waals surface area contributed by atoms with Gasteiger partial charge in [-0.3, -0.25) is 0 Å². The Morgan fingerprint density at radius 1 is 1.27 bits per heavy atom. The summed E-state index contributed by atoms with van der Waals surface area (Å²) in [5, 5.41) is 0. The second-order valence-electron chi connectivity index (χ2n) is 3.21. The van der Waals surface area contributed by atoms with Crippen LogP contribution in [0.5, 0.6) is 0 Å². The predicted octanol–water partition coefficient (Wildman–Crippen LogP) is 2.54. The normalized spacial score (nSPS) is 10.5. The Balaban J connectivity index is 2.25. The van der Waals surface area contributed by atoms with Crippen LogP contribution in [0.25, 0.3) is 11.4 Å². The lowest BCUT2D eigenvalue weighted by Gasteiger charge is -2.07. The van der Waals surface area contributed by atoms with Gasteiger partial charge in [0.1, 0.15) is 12.6 Å². The smallest absolute Gasteiger partial charge is 0.141 e. The van der Waals surface area contributed by atoms with Gasteiger partial charge in [0.2, 0.25) is 0 Å². The van der Waals surface area contributed by atoms with E-state index in [1.54, 1.807) is 6.20 Å². The summed E-state index contributed by atoms with van der Waals surface area (Å²) < 4.78 is 7.36. The molecule has 1 heterocycles. The first-order valence-corrected chi connectivity index (χ1v) is 5.06. The van der Waals surface area contributed by atoms with Crippen molar-refractivity contribution in [2.24, 2.45) is 0 Å². The van der Waals surface area contributed by atoms with Crippen LogP contribution in [-0.4, -0.2) is 16.2 Å². The highest BCUT2D eigenvalue weighted by Crippen LogP contribution is 2.16. The molecule has 0 N–H and O–H groups in total. The van der Waals surface area contributed by atoms with Crippen molar-refractivity contribution in [1.82, 2.24) is 9.55 Å². The van der Waals surface area contributed by atoms with Gasteiger partial charge in [-0.1, -0.05) is 30.3 Å². The van der Waals surface area contributed by atoms with Gasteiger partial charge in [0, 0.05) is 24.6 Å². The van der Waals surface area contributed by atoms with Crippen LogP contribution >= 0.6 is 0 Å². The third kappa shape index (κ3) is 2.25. The number of hydrogen-bond acceptors (Lipinski definition) is 2. The van der Waals surface area contributed by atoms with Crippen LogP contribution in [0, 0.1) is 0 Å². The second kappa shape index (κ2) is 4.75. The minimum atomic E-state index is 0.556. The lowest BCUT2D eigenvalue weighted by atomic mass is 10.2. The summed E-state index contributed by atoms with van der Waals surface area (Å²) in [7, 11) is 0. The molecule has 78 valence electrons. The molecule has 0 spiro atoms. The number of hydrogen-bond donors (Lipinski definition) is 0. The van der Waals surface area contributed by atoms with Gasteiger partial charge in [0.15, 0.2) is 0 Å². The molecule has 1 aromatic heterocycles. The van der Waals surface area contributed by atoms with Crippen molar-refractivity contribution in [3.63, 3.8) is 0 Å². The number of aromatic nitrogens is 2. The summed E-state index contributed by atoms with van der Waals surface area (Å²) in [6, 6.07) is 10.1. The van der Waals surface area contributed by atoms with Crippen LogP contribution in [0.4, 0.5) is 0 Å². The molecule has 0 saturated heterocycles. The average Bonchev–Trinajstić information content (AvgIpc) is 2.75. The highest BCUT2D eigenvalue weighted by molar-refractivity contribution is 5.54. The Bertz CT molecular complexity index is 409. The Hall–Kier alpha value is -1.61. The van der Waals surface area contributed by atoms with Gasteiger partial charge in [-0.2, -0.15) is 0 Å². The Morgan fingerprint density at radius 2 is 2.07 bits per heavy atom. The second-order valence-corrected chi connectivity index (χ2v) is 3.21. The maximum absolute atomic E-state index is 5.36. The zero-order valence-electron chi connectivity index (χ0n) is 8.76. The predicted molar refractivity (Wildman–Crippen MR) is 59.3 cm³/mol. The van der Waals surface area contributed by atoms with Gasteiger partial charge in [-0.15, -0.1) is 0 Å². The van der Waals surface area contributed by atoms with Crippen molar-refractivity contribution in [2.75, 3.05) is 6.61 Å². The van der Waals surface area contributed by atoms with E-state index in [2.05, 4.69) is 4.98 Å². The largest absolute Gasteiger partial charge is 0.361 e. The molecule has 0 fully saturated rings. The molecule has 15 heavy (non-hydrogen) atoms. The van der Waals surface area contributed by atoms with Gasteiger partial charge in [-0.05, 0) is 6.92 Å². The summed E-state index contributed by atoms with van der Waals surface area (Å²) in [5.74, 6) is 0.948. The number of nitrogens with zero attached hydrogens (tertiary/aromatic N) is 2. The number of imidazole rings is 1. The standard InChI is InChI=1S/C12H14N2O/c1-2-15-10-14-9-8-13-12(14)11-6-4-3-5-7-11/h3-9H,2,10H2,1H3. The third-order valence-corrected chi connectivity index (χ3v) is 2.18.